The van der Waals surface area contributed by atoms with E-state index in [9.17, 15) is 14.4 Å². The maximum atomic E-state index is 12.2. The van der Waals surface area contributed by atoms with Crippen LogP contribution in [0.25, 0.3) is 0 Å². The molecule has 1 atom stereocenters. The fraction of sp³-hybridized carbons (Fsp3) is 0.522. The van der Waals surface area contributed by atoms with Crippen molar-refractivity contribution in [3.05, 3.63) is 48.0 Å². The molecule has 0 bridgehead atoms. The third-order valence-corrected chi connectivity index (χ3v) is 4.94. The lowest BCUT2D eigenvalue weighted by molar-refractivity contribution is -0.143. The molecule has 1 aliphatic rings. The zero-order valence-corrected chi connectivity index (χ0v) is 16.8. The number of ether oxygens (including phenoxy) is 1. The van der Waals surface area contributed by atoms with Gasteiger partial charge in [0.05, 0.1) is 12.6 Å². The molecule has 0 radical (unpaired) electrons. The minimum absolute atomic E-state index is 0.0201. The molecule has 1 aromatic rings. The minimum atomic E-state index is -0.136. The predicted octanol–water partition coefficient (Wildman–Crippen LogP) is 3.86. The van der Waals surface area contributed by atoms with Crippen LogP contribution < -0.4 is 0 Å². The first-order valence-electron chi connectivity index (χ1n) is 10.3. The van der Waals surface area contributed by atoms with Gasteiger partial charge in [-0.1, -0.05) is 49.2 Å². The third kappa shape index (κ3) is 7.67. The van der Waals surface area contributed by atoms with E-state index in [-0.39, 0.29) is 23.7 Å². The molecule has 0 aliphatic carbocycles. The number of nitrogens with zero attached hydrogens (tertiary/aromatic N) is 1. The second kappa shape index (κ2) is 12.1. The summed E-state index contributed by atoms with van der Waals surface area (Å²) < 4.78 is 4.91. The Morgan fingerprint density at radius 2 is 1.89 bits per heavy atom. The average Bonchev–Trinajstić information content (AvgIpc) is 3.03. The molecule has 0 unspecified atom stereocenters. The Morgan fingerprint density at radius 1 is 1.14 bits per heavy atom. The van der Waals surface area contributed by atoms with Gasteiger partial charge in [-0.2, -0.15) is 0 Å². The van der Waals surface area contributed by atoms with Gasteiger partial charge in [0.1, 0.15) is 0 Å². The van der Waals surface area contributed by atoms with Crippen LogP contribution in [0.3, 0.4) is 0 Å². The van der Waals surface area contributed by atoms with Crippen LogP contribution in [0.4, 0.5) is 0 Å². The maximum absolute atomic E-state index is 12.2. The van der Waals surface area contributed by atoms with Crippen LogP contribution in [-0.2, 0) is 25.5 Å². The first-order valence-corrected chi connectivity index (χ1v) is 10.3. The summed E-state index contributed by atoms with van der Waals surface area (Å²) in [7, 11) is 0. The number of likely N-dealkylation sites (tertiary alicyclic amines) is 1. The molecule has 1 fully saturated rings. The molecule has 0 N–H and O–H groups in total. The Bertz CT molecular complexity index is 668. The molecule has 5 nitrogen and oxygen atoms in total. The van der Waals surface area contributed by atoms with Crippen LogP contribution in [0.15, 0.2) is 42.5 Å². The van der Waals surface area contributed by atoms with Crippen molar-refractivity contribution >= 4 is 17.7 Å². The standard InChI is InChI=1S/C23H31NO4/c1-2-28-23(27)12-8-3-4-9-17-24-20(14-16-22(24)26)13-15-21(25)18-19-10-6-5-7-11-19/h5-7,10-11,13,15,20H,2-4,8-9,12,14,16-18H2,1H3/b15-13+/t20-/m1/s1. The molecular weight excluding hydrogens is 354 g/mol. The minimum Gasteiger partial charge on any atom is -0.466 e. The van der Waals surface area contributed by atoms with Crippen molar-refractivity contribution in [1.82, 2.24) is 4.90 Å². The monoisotopic (exact) mass is 385 g/mol. The van der Waals surface area contributed by atoms with Crippen LogP contribution in [0.1, 0.15) is 57.4 Å². The molecule has 1 saturated heterocycles. The van der Waals surface area contributed by atoms with Gasteiger partial charge >= 0.3 is 5.97 Å². The van der Waals surface area contributed by atoms with E-state index in [0.29, 0.717) is 32.4 Å². The van der Waals surface area contributed by atoms with E-state index in [1.807, 2.05) is 48.2 Å². The fourth-order valence-corrected chi connectivity index (χ4v) is 3.46. The third-order valence-electron chi connectivity index (χ3n) is 4.94. The maximum Gasteiger partial charge on any atom is 0.305 e. The zero-order valence-electron chi connectivity index (χ0n) is 16.8. The van der Waals surface area contributed by atoms with Gasteiger partial charge in [-0.15, -0.1) is 0 Å². The van der Waals surface area contributed by atoms with Crippen LogP contribution >= 0.6 is 0 Å². The van der Waals surface area contributed by atoms with Crippen molar-refractivity contribution in [2.75, 3.05) is 13.2 Å². The van der Waals surface area contributed by atoms with Gasteiger partial charge in [-0.25, -0.2) is 0 Å². The number of unbranched alkanes of at least 4 members (excludes halogenated alkanes) is 3. The molecule has 0 spiro atoms. The smallest absolute Gasteiger partial charge is 0.305 e. The number of amides is 1. The molecule has 0 aromatic heterocycles. The molecule has 0 saturated carbocycles. The Morgan fingerprint density at radius 3 is 2.64 bits per heavy atom. The molecule has 1 aliphatic heterocycles. The van der Waals surface area contributed by atoms with Crippen molar-refractivity contribution in [1.29, 1.82) is 0 Å². The van der Waals surface area contributed by atoms with Gasteiger partial charge < -0.3 is 9.64 Å². The summed E-state index contributed by atoms with van der Waals surface area (Å²) in [5, 5.41) is 0. The molecule has 1 aromatic carbocycles. The number of rotatable bonds is 12. The van der Waals surface area contributed by atoms with Crippen molar-refractivity contribution < 1.29 is 19.1 Å². The Balaban J connectivity index is 1.70. The topological polar surface area (TPSA) is 63.7 Å². The van der Waals surface area contributed by atoms with E-state index >= 15 is 0 Å². The number of ketones is 1. The summed E-state index contributed by atoms with van der Waals surface area (Å²) >= 11 is 0. The van der Waals surface area contributed by atoms with Crippen molar-refractivity contribution in [2.24, 2.45) is 0 Å². The van der Waals surface area contributed by atoms with Crippen molar-refractivity contribution in [3.63, 3.8) is 0 Å². The molecule has 28 heavy (non-hydrogen) atoms. The van der Waals surface area contributed by atoms with Crippen molar-refractivity contribution in [2.45, 2.75) is 64.3 Å². The number of benzene rings is 1. The van der Waals surface area contributed by atoms with Gasteiger partial charge in [0.2, 0.25) is 5.91 Å². The number of hydrogen-bond donors (Lipinski definition) is 0. The van der Waals surface area contributed by atoms with Crippen molar-refractivity contribution in [3.8, 4) is 0 Å². The van der Waals surface area contributed by atoms with E-state index in [4.69, 9.17) is 4.74 Å². The van der Waals surface area contributed by atoms with E-state index in [1.165, 1.54) is 0 Å². The van der Waals surface area contributed by atoms with E-state index < -0.39 is 0 Å². The van der Waals surface area contributed by atoms with Gasteiger partial charge in [-0.05, 0) is 37.8 Å². The molecule has 5 heteroatoms. The highest BCUT2D eigenvalue weighted by atomic mass is 16.5. The lowest BCUT2D eigenvalue weighted by Crippen LogP contribution is -2.32. The second-order valence-corrected chi connectivity index (χ2v) is 7.15. The number of carbonyl (C=O) groups excluding carboxylic acids is 3. The Hall–Kier alpha value is -2.43. The number of carbonyl (C=O) groups is 3. The molecular formula is C23H31NO4. The normalized spacial score (nSPS) is 16.7. The average molecular weight is 386 g/mol. The largest absolute Gasteiger partial charge is 0.466 e. The summed E-state index contributed by atoms with van der Waals surface area (Å²) in [4.78, 5) is 37.5. The summed E-state index contributed by atoms with van der Waals surface area (Å²) in [6, 6.07) is 9.69. The molecule has 2 rings (SSSR count). The predicted molar refractivity (Wildman–Crippen MR) is 109 cm³/mol. The SMILES string of the molecule is CCOC(=O)CCCCCCN1C(=O)CC[C@H]1/C=C/C(=O)Cc1ccccc1. The highest BCUT2D eigenvalue weighted by Gasteiger charge is 2.28. The molecule has 1 amide bonds. The van der Waals surface area contributed by atoms with E-state index in [1.54, 1.807) is 6.08 Å². The van der Waals surface area contributed by atoms with Gasteiger partial charge in [-0.3, -0.25) is 14.4 Å². The number of esters is 1. The van der Waals surface area contributed by atoms with Crippen LogP contribution in [0.2, 0.25) is 0 Å². The summed E-state index contributed by atoms with van der Waals surface area (Å²) in [6.45, 7) is 2.95. The van der Waals surface area contributed by atoms with Crippen LogP contribution in [0.5, 0.6) is 0 Å². The Labute approximate surface area is 167 Å². The zero-order chi connectivity index (χ0) is 20.2. The second-order valence-electron chi connectivity index (χ2n) is 7.15. The fourth-order valence-electron chi connectivity index (χ4n) is 3.46. The summed E-state index contributed by atoms with van der Waals surface area (Å²) in [5.74, 6) is 0.0868. The summed E-state index contributed by atoms with van der Waals surface area (Å²) in [5.41, 5.74) is 0.999. The molecule has 152 valence electrons. The lowest BCUT2D eigenvalue weighted by Gasteiger charge is -2.22. The first-order chi connectivity index (χ1) is 13.6. The highest BCUT2D eigenvalue weighted by molar-refractivity contribution is 5.91. The number of hydrogen-bond acceptors (Lipinski definition) is 4. The van der Waals surface area contributed by atoms with Gasteiger partial charge in [0, 0.05) is 25.8 Å². The molecule has 1 heterocycles. The first kappa shape index (κ1) is 21.9. The van der Waals surface area contributed by atoms with Gasteiger partial charge in [0.25, 0.3) is 0 Å². The van der Waals surface area contributed by atoms with E-state index in [2.05, 4.69) is 0 Å². The quantitative estimate of drug-likeness (QED) is 0.311. The number of allylic oxidation sites excluding steroid dienone is 1. The lowest BCUT2D eigenvalue weighted by atomic mass is 10.1. The van der Waals surface area contributed by atoms with E-state index in [0.717, 1.165) is 37.7 Å². The van der Waals surface area contributed by atoms with Gasteiger partial charge in [0.15, 0.2) is 5.78 Å². The van der Waals surface area contributed by atoms with Crippen LogP contribution in [-0.4, -0.2) is 41.8 Å². The summed E-state index contributed by atoms with van der Waals surface area (Å²) in [6.07, 6.45) is 9.36. The van der Waals surface area contributed by atoms with Crippen LogP contribution in [0, 0.1) is 0 Å². The highest BCUT2D eigenvalue weighted by Crippen LogP contribution is 2.21. The Kier molecular flexibility index (Phi) is 9.46.